The summed E-state index contributed by atoms with van der Waals surface area (Å²) in [5, 5.41) is 25.6. The third-order valence-corrected chi connectivity index (χ3v) is 4.07. The number of phenolic OH excluding ortho intramolecular Hbond substituents is 1. The van der Waals surface area contributed by atoms with Gasteiger partial charge >= 0.3 is 6.18 Å². The lowest BCUT2D eigenvalue weighted by Crippen LogP contribution is -2.07. The zero-order chi connectivity index (χ0) is 19.9. The van der Waals surface area contributed by atoms with Crippen molar-refractivity contribution in [1.82, 2.24) is 20.6 Å². The lowest BCUT2D eigenvalue weighted by Gasteiger charge is -2.12. The van der Waals surface area contributed by atoms with Gasteiger partial charge < -0.3 is 14.8 Å². The standard InChI is InChI=1S/C17H11F4N5O2/c18-14-9(7-22-10-3-4-12(27)11(6-10)17(19,20)21)2-1-8-5-13(28-15(8)14)16-23-25-26-24-16/h1-6,22,27H,7H2,(H,23,24,25,26). The van der Waals surface area contributed by atoms with E-state index in [0.29, 0.717) is 5.39 Å². The second kappa shape index (κ2) is 6.51. The second-order valence-corrected chi connectivity index (χ2v) is 5.90. The molecule has 0 saturated carbocycles. The molecule has 0 aliphatic heterocycles. The zero-order valence-electron chi connectivity index (χ0n) is 13.9. The predicted molar refractivity (Wildman–Crippen MR) is 89.8 cm³/mol. The number of phenols is 1. The Labute approximate surface area is 154 Å². The van der Waals surface area contributed by atoms with E-state index in [1.807, 2.05) is 0 Å². The molecule has 144 valence electrons. The van der Waals surface area contributed by atoms with Crippen LogP contribution in [0.1, 0.15) is 11.1 Å². The molecule has 11 heteroatoms. The first-order chi connectivity index (χ1) is 13.3. The van der Waals surface area contributed by atoms with Crippen LogP contribution in [0.15, 0.2) is 40.8 Å². The molecule has 3 N–H and O–H groups in total. The number of tetrazole rings is 1. The fourth-order valence-corrected chi connectivity index (χ4v) is 2.70. The molecule has 0 fully saturated rings. The normalized spacial score (nSPS) is 11.9. The molecule has 0 unspecified atom stereocenters. The van der Waals surface area contributed by atoms with Gasteiger partial charge in [-0.1, -0.05) is 12.1 Å². The smallest absolute Gasteiger partial charge is 0.420 e. The van der Waals surface area contributed by atoms with Crippen LogP contribution >= 0.6 is 0 Å². The first-order valence-electron chi connectivity index (χ1n) is 7.92. The number of halogens is 4. The fourth-order valence-electron chi connectivity index (χ4n) is 2.70. The van der Waals surface area contributed by atoms with Crippen molar-refractivity contribution in [3.05, 3.63) is 53.3 Å². The Morgan fingerprint density at radius 1 is 1.14 bits per heavy atom. The monoisotopic (exact) mass is 393 g/mol. The number of furan rings is 1. The molecule has 4 rings (SSSR count). The molecule has 0 spiro atoms. The number of aromatic hydroxyl groups is 1. The number of aromatic amines is 1. The average molecular weight is 393 g/mol. The van der Waals surface area contributed by atoms with E-state index in [4.69, 9.17) is 4.42 Å². The number of anilines is 1. The molecule has 0 aliphatic rings. The summed E-state index contributed by atoms with van der Waals surface area (Å²) < 4.78 is 58.8. The van der Waals surface area contributed by atoms with Crippen molar-refractivity contribution in [2.45, 2.75) is 12.7 Å². The number of aromatic nitrogens is 4. The Morgan fingerprint density at radius 2 is 1.96 bits per heavy atom. The van der Waals surface area contributed by atoms with E-state index < -0.39 is 23.3 Å². The molecule has 0 amide bonds. The molecule has 0 aliphatic carbocycles. The summed E-state index contributed by atoms with van der Waals surface area (Å²) in [6, 6.07) is 7.62. The molecule has 0 radical (unpaired) electrons. The second-order valence-electron chi connectivity index (χ2n) is 5.90. The van der Waals surface area contributed by atoms with E-state index in [0.717, 1.165) is 12.1 Å². The summed E-state index contributed by atoms with van der Waals surface area (Å²) in [6.45, 7) is -0.0935. The number of nitrogens with zero attached hydrogens (tertiary/aromatic N) is 3. The van der Waals surface area contributed by atoms with E-state index in [9.17, 15) is 22.7 Å². The van der Waals surface area contributed by atoms with Crippen molar-refractivity contribution < 1.29 is 27.1 Å². The average Bonchev–Trinajstić information content (AvgIpc) is 3.31. The number of nitrogens with one attached hydrogen (secondary N) is 2. The van der Waals surface area contributed by atoms with E-state index in [1.165, 1.54) is 12.1 Å². The van der Waals surface area contributed by atoms with E-state index in [-0.39, 0.29) is 35.0 Å². The third-order valence-electron chi connectivity index (χ3n) is 4.07. The summed E-state index contributed by atoms with van der Waals surface area (Å²) in [5.41, 5.74) is -0.930. The van der Waals surface area contributed by atoms with Crippen molar-refractivity contribution in [3.63, 3.8) is 0 Å². The Hall–Kier alpha value is -3.63. The van der Waals surface area contributed by atoms with E-state index in [2.05, 4.69) is 25.9 Å². The topological polar surface area (TPSA) is 99.9 Å². The number of benzene rings is 2. The first-order valence-corrected chi connectivity index (χ1v) is 7.92. The van der Waals surface area contributed by atoms with Crippen LogP contribution in [-0.4, -0.2) is 25.7 Å². The first kappa shape index (κ1) is 17.8. The minimum absolute atomic E-state index is 0.0209. The molecule has 7 nitrogen and oxygen atoms in total. The highest BCUT2D eigenvalue weighted by Crippen LogP contribution is 2.37. The van der Waals surface area contributed by atoms with Crippen molar-refractivity contribution in [2.24, 2.45) is 0 Å². The van der Waals surface area contributed by atoms with Gasteiger partial charge in [-0.25, -0.2) is 9.49 Å². The van der Waals surface area contributed by atoms with E-state index >= 15 is 0 Å². The van der Waals surface area contributed by atoms with Crippen molar-refractivity contribution >= 4 is 16.7 Å². The Kier molecular flexibility index (Phi) is 4.13. The molecule has 28 heavy (non-hydrogen) atoms. The Morgan fingerprint density at radius 3 is 2.68 bits per heavy atom. The van der Waals surface area contributed by atoms with Gasteiger partial charge in [0.05, 0.1) is 5.56 Å². The third kappa shape index (κ3) is 3.21. The van der Waals surface area contributed by atoms with E-state index in [1.54, 1.807) is 12.1 Å². The molecular formula is C17H11F4N5O2. The minimum Gasteiger partial charge on any atom is -0.507 e. The summed E-state index contributed by atoms with van der Waals surface area (Å²) in [5.74, 6) is -1.05. The van der Waals surface area contributed by atoms with Crippen LogP contribution in [0.3, 0.4) is 0 Å². The predicted octanol–water partition coefficient (Wildman–Crippen LogP) is 4.09. The van der Waals surface area contributed by atoms with Crippen LogP contribution in [0.2, 0.25) is 0 Å². The maximum atomic E-state index is 14.7. The number of alkyl halides is 3. The summed E-state index contributed by atoms with van der Waals surface area (Å²) in [6.07, 6.45) is -4.70. The van der Waals surface area contributed by atoms with Gasteiger partial charge in [0.2, 0.25) is 5.82 Å². The largest absolute Gasteiger partial charge is 0.507 e. The van der Waals surface area contributed by atoms with Crippen LogP contribution in [0.4, 0.5) is 23.2 Å². The van der Waals surface area contributed by atoms with Gasteiger partial charge in [-0.2, -0.15) is 13.2 Å². The minimum atomic E-state index is -4.70. The Bertz CT molecular complexity index is 1140. The fraction of sp³-hybridized carbons (Fsp3) is 0.118. The number of fused-ring (bicyclic) bond motifs is 1. The molecule has 0 atom stereocenters. The molecule has 2 aromatic heterocycles. The molecular weight excluding hydrogens is 382 g/mol. The zero-order valence-corrected chi connectivity index (χ0v) is 13.9. The van der Waals surface area contributed by atoms with Gasteiger partial charge in [-0.05, 0) is 34.7 Å². The quantitative estimate of drug-likeness (QED) is 0.357. The highest BCUT2D eigenvalue weighted by molar-refractivity contribution is 5.83. The summed E-state index contributed by atoms with van der Waals surface area (Å²) in [4.78, 5) is 0. The number of rotatable bonds is 4. The van der Waals surface area contributed by atoms with Gasteiger partial charge in [-0.3, -0.25) is 0 Å². The van der Waals surface area contributed by atoms with Crippen LogP contribution < -0.4 is 5.32 Å². The van der Waals surface area contributed by atoms with Gasteiger partial charge in [0.1, 0.15) is 5.75 Å². The van der Waals surface area contributed by atoms with Crippen LogP contribution in [-0.2, 0) is 12.7 Å². The molecule has 0 saturated heterocycles. The summed E-state index contributed by atoms with van der Waals surface area (Å²) >= 11 is 0. The van der Waals surface area contributed by atoms with Crippen LogP contribution in [0.25, 0.3) is 22.6 Å². The maximum absolute atomic E-state index is 14.7. The maximum Gasteiger partial charge on any atom is 0.420 e. The highest BCUT2D eigenvalue weighted by atomic mass is 19.4. The number of H-pyrrole nitrogens is 1. The van der Waals surface area contributed by atoms with Crippen molar-refractivity contribution in [3.8, 4) is 17.3 Å². The lowest BCUT2D eigenvalue weighted by molar-refractivity contribution is -0.138. The van der Waals surface area contributed by atoms with Gasteiger partial charge in [0.25, 0.3) is 0 Å². The summed E-state index contributed by atoms with van der Waals surface area (Å²) in [7, 11) is 0. The molecule has 2 heterocycles. The van der Waals surface area contributed by atoms with Crippen LogP contribution in [0, 0.1) is 5.82 Å². The van der Waals surface area contributed by atoms with Gasteiger partial charge in [0.15, 0.2) is 17.2 Å². The van der Waals surface area contributed by atoms with Crippen LogP contribution in [0.5, 0.6) is 5.75 Å². The van der Waals surface area contributed by atoms with Crippen molar-refractivity contribution in [2.75, 3.05) is 5.32 Å². The molecule has 2 aromatic carbocycles. The SMILES string of the molecule is Oc1ccc(NCc2ccc3cc(-c4nnn[nH]4)oc3c2F)cc1C(F)(F)F. The Balaban J connectivity index is 1.60. The number of hydrogen-bond acceptors (Lipinski definition) is 6. The lowest BCUT2D eigenvalue weighted by atomic mass is 10.1. The highest BCUT2D eigenvalue weighted by Gasteiger charge is 2.34. The van der Waals surface area contributed by atoms with Gasteiger partial charge in [0, 0.05) is 23.2 Å². The molecule has 4 aromatic rings. The number of hydrogen-bond donors (Lipinski definition) is 3. The van der Waals surface area contributed by atoms with Gasteiger partial charge in [-0.15, -0.1) is 5.10 Å². The van der Waals surface area contributed by atoms with Crippen molar-refractivity contribution in [1.29, 1.82) is 0 Å². The molecule has 0 bridgehead atoms.